The number of benzene rings is 2. The number of hydrogen-bond donors (Lipinski definition) is 2. The highest BCUT2D eigenvalue weighted by Crippen LogP contribution is 2.32. The molecule has 1 heterocycles. The van der Waals surface area contributed by atoms with Gasteiger partial charge in [-0.2, -0.15) is 0 Å². The van der Waals surface area contributed by atoms with E-state index in [-0.39, 0.29) is 5.84 Å². The molecule has 3 nitrogen and oxygen atoms in total. The summed E-state index contributed by atoms with van der Waals surface area (Å²) >= 11 is 6.21. The average molecular weight is 300 g/mol. The second-order valence-corrected chi connectivity index (χ2v) is 5.83. The molecule has 2 aromatic rings. The molecule has 0 radical (unpaired) electrons. The van der Waals surface area contributed by atoms with Gasteiger partial charge in [0.05, 0.1) is 5.02 Å². The molecule has 3 N–H and O–H groups in total. The monoisotopic (exact) mass is 299 g/mol. The minimum Gasteiger partial charge on any atom is -0.384 e. The molecule has 2 aromatic carbocycles. The third-order valence-corrected chi connectivity index (χ3v) is 4.38. The number of amidine groups is 1. The van der Waals surface area contributed by atoms with Crippen molar-refractivity contribution in [3.8, 4) is 0 Å². The summed E-state index contributed by atoms with van der Waals surface area (Å²) in [6, 6.07) is 16.4. The molecule has 0 saturated carbocycles. The van der Waals surface area contributed by atoms with Gasteiger partial charge >= 0.3 is 0 Å². The van der Waals surface area contributed by atoms with Crippen molar-refractivity contribution < 1.29 is 0 Å². The Labute approximate surface area is 129 Å². The first-order valence-corrected chi connectivity index (χ1v) is 7.47. The van der Waals surface area contributed by atoms with Gasteiger partial charge in [-0.3, -0.25) is 5.41 Å². The summed E-state index contributed by atoms with van der Waals surface area (Å²) in [7, 11) is 0. The molecule has 0 aromatic heterocycles. The average Bonchev–Trinajstić information content (AvgIpc) is 2.97. The second-order valence-electron chi connectivity index (χ2n) is 5.42. The lowest BCUT2D eigenvalue weighted by atomic mass is 9.99. The van der Waals surface area contributed by atoms with E-state index in [1.807, 2.05) is 18.2 Å². The molecule has 1 unspecified atom stereocenters. The van der Waals surface area contributed by atoms with Gasteiger partial charge in [0.25, 0.3) is 0 Å². The lowest BCUT2D eigenvalue weighted by Crippen LogP contribution is -2.19. The van der Waals surface area contributed by atoms with Crippen LogP contribution in [0.4, 0.5) is 5.69 Å². The fourth-order valence-electron chi connectivity index (χ4n) is 2.91. The Hall–Kier alpha value is -2.00. The molecule has 108 valence electrons. The molecule has 0 bridgehead atoms. The molecule has 1 aliphatic heterocycles. The zero-order chi connectivity index (χ0) is 14.8. The van der Waals surface area contributed by atoms with E-state index in [9.17, 15) is 0 Å². The summed E-state index contributed by atoms with van der Waals surface area (Å²) < 4.78 is 0. The molecule has 1 saturated heterocycles. The number of nitrogens with zero attached hydrogens (tertiary/aromatic N) is 1. The molecular formula is C17H18ClN3. The number of nitrogens with two attached hydrogens (primary N) is 1. The van der Waals surface area contributed by atoms with E-state index in [2.05, 4.69) is 35.2 Å². The van der Waals surface area contributed by atoms with Crippen LogP contribution in [0.5, 0.6) is 0 Å². The van der Waals surface area contributed by atoms with Crippen LogP contribution in [0, 0.1) is 5.41 Å². The van der Waals surface area contributed by atoms with Crippen molar-refractivity contribution in [3.05, 3.63) is 64.7 Å². The third-order valence-electron chi connectivity index (χ3n) is 4.07. The highest BCUT2D eigenvalue weighted by atomic mass is 35.5. The lowest BCUT2D eigenvalue weighted by Gasteiger charge is -2.20. The summed E-state index contributed by atoms with van der Waals surface area (Å²) in [5, 5.41) is 8.02. The fourth-order valence-corrected chi connectivity index (χ4v) is 3.19. The first-order valence-electron chi connectivity index (χ1n) is 7.09. The van der Waals surface area contributed by atoms with Crippen molar-refractivity contribution in [1.82, 2.24) is 0 Å². The Kier molecular flexibility index (Phi) is 3.84. The van der Waals surface area contributed by atoms with Crippen LogP contribution in [-0.4, -0.2) is 18.9 Å². The van der Waals surface area contributed by atoms with Gasteiger partial charge in [0.2, 0.25) is 0 Å². The van der Waals surface area contributed by atoms with Gasteiger partial charge in [-0.05, 0) is 30.2 Å². The molecule has 0 spiro atoms. The number of nitrogens with one attached hydrogen (secondary N) is 1. The van der Waals surface area contributed by atoms with Gasteiger partial charge in [-0.25, -0.2) is 0 Å². The van der Waals surface area contributed by atoms with Crippen LogP contribution in [0.1, 0.15) is 23.5 Å². The zero-order valence-corrected chi connectivity index (χ0v) is 12.5. The number of halogens is 1. The second kappa shape index (κ2) is 5.78. The number of rotatable bonds is 3. The highest BCUT2D eigenvalue weighted by Gasteiger charge is 2.24. The van der Waals surface area contributed by atoms with Gasteiger partial charge in [-0.1, -0.05) is 41.9 Å². The van der Waals surface area contributed by atoms with Crippen LogP contribution in [0.15, 0.2) is 48.5 Å². The molecule has 21 heavy (non-hydrogen) atoms. The Bertz CT molecular complexity index is 654. The summed E-state index contributed by atoms with van der Waals surface area (Å²) in [6.45, 7) is 2.02. The van der Waals surface area contributed by atoms with Crippen LogP contribution in [0.25, 0.3) is 0 Å². The first-order chi connectivity index (χ1) is 10.1. The van der Waals surface area contributed by atoms with Gasteiger partial charge in [0.1, 0.15) is 5.84 Å². The first kappa shape index (κ1) is 14.0. The minimum absolute atomic E-state index is 0.00938. The summed E-state index contributed by atoms with van der Waals surface area (Å²) in [5.41, 5.74) is 8.59. The smallest absolute Gasteiger partial charge is 0.124 e. The summed E-state index contributed by atoms with van der Waals surface area (Å²) in [5.74, 6) is 0.576. The third kappa shape index (κ3) is 2.88. The van der Waals surface area contributed by atoms with Gasteiger partial charge in [-0.15, -0.1) is 0 Å². The maximum absolute atomic E-state index is 7.48. The van der Waals surface area contributed by atoms with Crippen molar-refractivity contribution in [3.63, 3.8) is 0 Å². The topological polar surface area (TPSA) is 53.1 Å². The van der Waals surface area contributed by atoms with Crippen LogP contribution in [-0.2, 0) is 0 Å². The van der Waals surface area contributed by atoms with Gasteiger partial charge < -0.3 is 10.6 Å². The molecule has 4 heteroatoms. The number of anilines is 1. The van der Waals surface area contributed by atoms with Gasteiger partial charge in [0.15, 0.2) is 0 Å². The Morgan fingerprint density at radius 2 is 1.95 bits per heavy atom. The van der Waals surface area contributed by atoms with Crippen LogP contribution in [0.3, 0.4) is 0 Å². The SMILES string of the molecule is N=C(N)c1ccc(N2CCC(c3ccccc3)C2)cc1Cl. The van der Waals surface area contributed by atoms with Crippen LogP contribution in [0.2, 0.25) is 5.02 Å². The lowest BCUT2D eigenvalue weighted by molar-refractivity contribution is 0.775. The van der Waals surface area contributed by atoms with Crippen LogP contribution >= 0.6 is 11.6 Å². The molecule has 1 aliphatic rings. The molecule has 3 rings (SSSR count). The Balaban J connectivity index is 1.77. The van der Waals surface area contributed by atoms with Crippen molar-refractivity contribution in [2.45, 2.75) is 12.3 Å². The predicted octanol–water partition coefficient (Wildman–Crippen LogP) is 3.62. The molecule has 0 amide bonds. The summed E-state index contributed by atoms with van der Waals surface area (Å²) in [4.78, 5) is 2.34. The fraction of sp³-hybridized carbons (Fsp3) is 0.235. The number of nitrogen functional groups attached to an aromatic ring is 1. The minimum atomic E-state index is 0.00938. The molecular weight excluding hydrogens is 282 g/mol. The Morgan fingerprint density at radius 3 is 2.62 bits per heavy atom. The molecule has 1 fully saturated rings. The van der Waals surface area contributed by atoms with Gasteiger partial charge in [0, 0.05) is 30.3 Å². The largest absolute Gasteiger partial charge is 0.384 e. The van der Waals surface area contributed by atoms with E-state index >= 15 is 0 Å². The van der Waals surface area contributed by atoms with E-state index in [1.165, 1.54) is 5.56 Å². The normalized spacial score (nSPS) is 18.0. The van der Waals surface area contributed by atoms with E-state index in [0.717, 1.165) is 25.2 Å². The van der Waals surface area contributed by atoms with Crippen molar-refractivity contribution in [2.24, 2.45) is 5.73 Å². The van der Waals surface area contributed by atoms with Crippen molar-refractivity contribution in [2.75, 3.05) is 18.0 Å². The zero-order valence-electron chi connectivity index (χ0n) is 11.7. The quantitative estimate of drug-likeness (QED) is 0.672. The van der Waals surface area contributed by atoms with Crippen LogP contribution < -0.4 is 10.6 Å². The number of hydrogen-bond acceptors (Lipinski definition) is 2. The summed E-state index contributed by atoms with van der Waals surface area (Å²) in [6.07, 6.45) is 1.15. The van der Waals surface area contributed by atoms with Crippen molar-refractivity contribution in [1.29, 1.82) is 5.41 Å². The maximum atomic E-state index is 7.48. The Morgan fingerprint density at radius 1 is 1.19 bits per heavy atom. The van der Waals surface area contributed by atoms with E-state index < -0.39 is 0 Å². The standard InChI is InChI=1S/C17H18ClN3/c18-16-10-14(6-7-15(16)17(19)20)21-9-8-13(11-21)12-4-2-1-3-5-12/h1-7,10,13H,8-9,11H2,(H3,19,20). The predicted molar refractivity (Wildman–Crippen MR) is 88.5 cm³/mol. The van der Waals surface area contributed by atoms with E-state index in [1.54, 1.807) is 0 Å². The van der Waals surface area contributed by atoms with E-state index in [0.29, 0.717) is 16.5 Å². The maximum Gasteiger partial charge on any atom is 0.124 e. The highest BCUT2D eigenvalue weighted by molar-refractivity contribution is 6.34. The van der Waals surface area contributed by atoms with Crippen molar-refractivity contribution >= 4 is 23.1 Å². The molecule has 0 aliphatic carbocycles. The van der Waals surface area contributed by atoms with E-state index in [4.69, 9.17) is 22.7 Å². The molecule has 1 atom stereocenters.